The van der Waals surface area contributed by atoms with E-state index in [1.807, 2.05) is 19.1 Å². The van der Waals surface area contributed by atoms with Crippen molar-refractivity contribution in [1.29, 1.82) is 0 Å². The van der Waals surface area contributed by atoms with Crippen LogP contribution in [0.15, 0.2) is 48.5 Å². The molecular weight excluding hydrogens is 305 g/mol. The minimum Gasteiger partial charge on any atom is -0.384 e. The molecule has 0 radical (unpaired) electrons. The Bertz CT molecular complexity index is 684. The molecule has 122 valence electrons. The predicted molar refractivity (Wildman–Crippen MR) is 84.4 cm³/mol. The molecule has 6 heteroatoms. The number of aryl methyl sites for hydroxylation is 1. The highest BCUT2D eigenvalue weighted by molar-refractivity contribution is 5.91. The van der Waals surface area contributed by atoms with Gasteiger partial charge in [-0.25, -0.2) is 0 Å². The lowest BCUT2D eigenvalue weighted by molar-refractivity contribution is -0.137. The smallest absolute Gasteiger partial charge is 0.384 e. The average molecular weight is 322 g/mol. The van der Waals surface area contributed by atoms with E-state index in [-0.39, 0.29) is 24.6 Å². The molecule has 0 aliphatic carbocycles. The van der Waals surface area contributed by atoms with Gasteiger partial charge < -0.3 is 10.6 Å². The highest BCUT2D eigenvalue weighted by Crippen LogP contribution is 2.34. The number of amides is 1. The van der Waals surface area contributed by atoms with Crippen LogP contribution in [0.1, 0.15) is 17.5 Å². The Hall–Kier alpha value is -2.50. The molecule has 0 heterocycles. The van der Waals surface area contributed by atoms with Crippen molar-refractivity contribution in [3.8, 4) is 0 Å². The zero-order chi connectivity index (χ0) is 16.9. The molecule has 0 unspecified atom stereocenters. The molecule has 1 amide bonds. The second-order valence-electron chi connectivity index (χ2n) is 5.08. The van der Waals surface area contributed by atoms with Crippen molar-refractivity contribution in [2.24, 2.45) is 0 Å². The Morgan fingerprint density at radius 3 is 2.26 bits per heavy atom. The third kappa shape index (κ3) is 4.74. The molecule has 0 aliphatic heterocycles. The third-order valence-corrected chi connectivity index (χ3v) is 3.32. The second kappa shape index (κ2) is 7.17. The fraction of sp³-hybridized carbons (Fsp3) is 0.235. The van der Waals surface area contributed by atoms with E-state index in [1.165, 1.54) is 18.2 Å². The minimum atomic E-state index is -4.42. The van der Waals surface area contributed by atoms with E-state index in [1.54, 1.807) is 12.1 Å². The number of hydrogen-bond acceptors (Lipinski definition) is 2. The standard InChI is InChI=1S/C17H17F3N2O/c1-12-6-2-4-8-14(12)22-16(23)10-11-21-15-9-5-3-7-13(15)17(18,19)20/h2-9,21H,10-11H2,1H3,(H,22,23). The Labute approximate surface area is 132 Å². The first-order valence-corrected chi connectivity index (χ1v) is 7.13. The molecule has 0 saturated heterocycles. The van der Waals surface area contributed by atoms with Gasteiger partial charge in [0.05, 0.1) is 5.56 Å². The number of para-hydroxylation sites is 2. The van der Waals surface area contributed by atoms with Gasteiger partial charge >= 0.3 is 6.18 Å². The largest absolute Gasteiger partial charge is 0.418 e. The molecule has 0 spiro atoms. The lowest BCUT2D eigenvalue weighted by atomic mass is 10.1. The number of nitrogens with one attached hydrogen (secondary N) is 2. The van der Waals surface area contributed by atoms with E-state index >= 15 is 0 Å². The monoisotopic (exact) mass is 322 g/mol. The maximum atomic E-state index is 12.8. The zero-order valence-electron chi connectivity index (χ0n) is 12.6. The van der Waals surface area contributed by atoms with Gasteiger partial charge in [-0.3, -0.25) is 4.79 Å². The fourth-order valence-corrected chi connectivity index (χ4v) is 2.12. The summed E-state index contributed by atoms with van der Waals surface area (Å²) in [4.78, 5) is 11.9. The molecule has 0 aliphatic rings. The van der Waals surface area contributed by atoms with Crippen LogP contribution in [0.2, 0.25) is 0 Å². The van der Waals surface area contributed by atoms with Crippen LogP contribution in [0, 0.1) is 6.92 Å². The summed E-state index contributed by atoms with van der Waals surface area (Å²) in [6.45, 7) is 1.98. The van der Waals surface area contributed by atoms with Crippen LogP contribution in [0.5, 0.6) is 0 Å². The summed E-state index contributed by atoms with van der Waals surface area (Å²) in [5.74, 6) is -0.253. The van der Waals surface area contributed by atoms with Crippen LogP contribution >= 0.6 is 0 Å². The summed E-state index contributed by atoms with van der Waals surface area (Å²) in [6.07, 6.45) is -4.35. The van der Waals surface area contributed by atoms with Crippen LogP contribution < -0.4 is 10.6 Å². The Balaban J connectivity index is 1.91. The first kappa shape index (κ1) is 16.9. The maximum absolute atomic E-state index is 12.8. The summed E-state index contributed by atoms with van der Waals surface area (Å²) < 4.78 is 38.5. The van der Waals surface area contributed by atoms with Crippen LogP contribution in [-0.2, 0) is 11.0 Å². The molecule has 2 aromatic rings. The van der Waals surface area contributed by atoms with Gasteiger partial charge in [-0.15, -0.1) is 0 Å². The van der Waals surface area contributed by atoms with Crippen LogP contribution in [-0.4, -0.2) is 12.5 Å². The lowest BCUT2D eigenvalue weighted by Gasteiger charge is -2.14. The van der Waals surface area contributed by atoms with Gasteiger partial charge in [0.25, 0.3) is 0 Å². The average Bonchev–Trinajstić information content (AvgIpc) is 2.49. The number of benzene rings is 2. The van der Waals surface area contributed by atoms with Crippen molar-refractivity contribution in [3.63, 3.8) is 0 Å². The SMILES string of the molecule is Cc1ccccc1NC(=O)CCNc1ccccc1C(F)(F)F. The molecule has 3 nitrogen and oxygen atoms in total. The van der Waals surface area contributed by atoms with Crippen molar-refractivity contribution in [3.05, 3.63) is 59.7 Å². The number of anilines is 2. The number of carbonyl (C=O) groups is 1. The summed E-state index contributed by atoms with van der Waals surface area (Å²) in [7, 11) is 0. The van der Waals surface area contributed by atoms with Crippen molar-refractivity contribution in [2.75, 3.05) is 17.2 Å². The Kier molecular flexibility index (Phi) is 5.26. The van der Waals surface area contributed by atoms with Gasteiger partial charge in [0.1, 0.15) is 0 Å². The third-order valence-electron chi connectivity index (χ3n) is 3.32. The summed E-state index contributed by atoms with van der Waals surface area (Å²) >= 11 is 0. The van der Waals surface area contributed by atoms with Gasteiger partial charge in [-0.05, 0) is 30.7 Å². The molecular formula is C17H17F3N2O. The summed E-state index contributed by atoms with van der Waals surface area (Å²) in [6, 6.07) is 12.5. The molecule has 2 rings (SSSR count). The highest BCUT2D eigenvalue weighted by Gasteiger charge is 2.32. The van der Waals surface area contributed by atoms with Crippen molar-refractivity contribution in [1.82, 2.24) is 0 Å². The molecule has 2 N–H and O–H groups in total. The topological polar surface area (TPSA) is 41.1 Å². The fourth-order valence-electron chi connectivity index (χ4n) is 2.12. The van der Waals surface area contributed by atoms with Gasteiger partial charge in [0.15, 0.2) is 0 Å². The number of hydrogen-bond donors (Lipinski definition) is 2. The van der Waals surface area contributed by atoms with E-state index in [0.717, 1.165) is 11.6 Å². The lowest BCUT2D eigenvalue weighted by Crippen LogP contribution is -2.18. The van der Waals surface area contributed by atoms with E-state index in [4.69, 9.17) is 0 Å². The predicted octanol–water partition coefficient (Wildman–Crippen LogP) is 4.45. The molecule has 23 heavy (non-hydrogen) atoms. The van der Waals surface area contributed by atoms with Crippen LogP contribution in [0.25, 0.3) is 0 Å². The van der Waals surface area contributed by atoms with Crippen molar-refractivity contribution < 1.29 is 18.0 Å². The number of halogens is 3. The summed E-state index contributed by atoms with van der Waals surface area (Å²) in [5.41, 5.74) is 0.868. The van der Waals surface area contributed by atoms with Crippen LogP contribution in [0.4, 0.5) is 24.5 Å². The van der Waals surface area contributed by atoms with E-state index < -0.39 is 11.7 Å². The molecule has 2 aromatic carbocycles. The molecule has 0 bridgehead atoms. The number of rotatable bonds is 5. The van der Waals surface area contributed by atoms with E-state index in [9.17, 15) is 18.0 Å². The number of carbonyl (C=O) groups excluding carboxylic acids is 1. The molecule has 0 saturated carbocycles. The first-order valence-electron chi connectivity index (χ1n) is 7.13. The molecule has 0 atom stereocenters. The number of alkyl halides is 3. The van der Waals surface area contributed by atoms with E-state index in [2.05, 4.69) is 10.6 Å². The highest BCUT2D eigenvalue weighted by atomic mass is 19.4. The van der Waals surface area contributed by atoms with Crippen molar-refractivity contribution >= 4 is 17.3 Å². The van der Waals surface area contributed by atoms with Gasteiger partial charge in [0.2, 0.25) is 5.91 Å². The van der Waals surface area contributed by atoms with E-state index in [0.29, 0.717) is 5.69 Å². The normalized spacial score (nSPS) is 11.1. The van der Waals surface area contributed by atoms with Crippen LogP contribution in [0.3, 0.4) is 0 Å². The Morgan fingerprint density at radius 1 is 1.00 bits per heavy atom. The second-order valence-corrected chi connectivity index (χ2v) is 5.08. The first-order chi connectivity index (χ1) is 10.9. The van der Waals surface area contributed by atoms with Gasteiger partial charge in [-0.1, -0.05) is 30.3 Å². The van der Waals surface area contributed by atoms with Gasteiger partial charge in [-0.2, -0.15) is 13.2 Å². The summed E-state index contributed by atoms with van der Waals surface area (Å²) in [5, 5.41) is 5.41. The minimum absolute atomic E-state index is 0.0244. The maximum Gasteiger partial charge on any atom is 0.418 e. The van der Waals surface area contributed by atoms with Crippen molar-refractivity contribution in [2.45, 2.75) is 19.5 Å². The quantitative estimate of drug-likeness (QED) is 0.853. The van der Waals surface area contributed by atoms with Gasteiger partial charge in [0, 0.05) is 24.3 Å². The molecule has 0 aromatic heterocycles. The molecule has 0 fully saturated rings. The zero-order valence-corrected chi connectivity index (χ0v) is 12.6. The Morgan fingerprint density at radius 2 is 1.61 bits per heavy atom.